The van der Waals surface area contributed by atoms with Crippen LogP contribution in [0.4, 0.5) is 0 Å². The second-order valence-electron chi connectivity index (χ2n) is 2.56. The maximum atomic E-state index is 10.2. The van der Waals surface area contributed by atoms with Crippen LogP contribution >= 0.6 is 11.3 Å². The molecule has 0 saturated carbocycles. The van der Waals surface area contributed by atoms with E-state index in [-0.39, 0.29) is 29.6 Å². The summed E-state index contributed by atoms with van der Waals surface area (Å²) in [6.45, 7) is 1.72. The van der Waals surface area contributed by atoms with Crippen molar-refractivity contribution in [3.8, 4) is 0 Å². The zero-order valence-corrected chi connectivity index (χ0v) is 11.0. The van der Waals surface area contributed by atoms with Gasteiger partial charge in [-0.2, -0.15) is 0 Å². The van der Waals surface area contributed by atoms with Crippen LogP contribution in [-0.4, -0.2) is 5.97 Å². The van der Waals surface area contributed by atoms with Gasteiger partial charge in [0.25, 0.3) is 0 Å². The first kappa shape index (κ1) is 13.7. The zero-order valence-electron chi connectivity index (χ0n) is 8.19. The molecule has 0 spiro atoms. The van der Waals surface area contributed by atoms with Gasteiger partial charge in [-0.15, -0.1) is 11.3 Å². The van der Waals surface area contributed by atoms with Crippen LogP contribution in [0.3, 0.4) is 0 Å². The van der Waals surface area contributed by atoms with E-state index in [2.05, 4.69) is 0 Å². The molecule has 0 bridgehead atoms. The Morgan fingerprint density at radius 1 is 1.57 bits per heavy atom. The second-order valence-corrected chi connectivity index (χ2v) is 3.54. The summed E-state index contributed by atoms with van der Waals surface area (Å²) < 4.78 is 0. The van der Waals surface area contributed by atoms with E-state index in [0.717, 1.165) is 11.0 Å². The van der Waals surface area contributed by atoms with Crippen molar-refractivity contribution in [3.05, 3.63) is 40.1 Å². The van der Waals surface area contributed by atoms with Crippen molar-refractivity contribution in [1.82, 2.24) is 0 Å². The van der Waals surface area contributed by atoms with Gasteiger partial charge in [-0.25, -0.2) is 0 Å². The van der Waals surface area contributed by atoms with Gasteiger partial charge in [-0.05, 0) is 36.1 Å². The van der Waals surface area contributed by atoms with E-state index >= 15 is 0 Å². The van der Waals surface area contributed by atoms with Crippen molar-refractivity contribution < 1.29 is 39.5 Å². The van der Waals surface area contributed by atoms with Crippen LogP contribution in [0.5, 0.6) is 0 Å². The standard InChI is InChI=1S/C10H10O2S.Na/c1-8(7-10(11)12)4-5-9-3-2-6-13-9;/h2-7H,1H3,(H,11,12);/q;+1/p-1. The number of carbonyl (C=O) groups is 1. The van der Waals surface area contributed by atoms with Gasteiger partial charge < -0.3 is 9.90 Å². The van der Waals surface area contributed by atoms with E-state index in [9.17, 15) is 9.90 Å². The number of allylic oxidation sites excluding steroid dienone is 2. The molecule has 0 unspecified atom stereocenters. The molecule has 1 rings (SSSR count). The van der Waals surface area contributed by atoms with Crippen molar-refractivity contribution in [3.63, 3.8) is 0 Å². The molecule has 0 aliphatic carbocycles. The fourth-order valence-corrected chi connectivity index (χ4v) is 1.45. The smallest absolute Gasteiger partial charge is 0.545 e. The van der Waals surface area contributed by atoms with Crippen molar-refractivity contribution in [2.24, 2.45) is 0 Å². The summed E-state index contributed by atoms with van der Waals surface area (Å²) in [5.74, 6) is -1.16. The van der Waals surface area contributed by atoms with Crippen LogP contribution in [0.15, 0.2) is 35.2 Å². The normalized spacial score (nSPS) is 11.4. The predicted octanol–water partition coefficient (Wildman–Crippen LogP) is -1.54. The van der Waals surface area contributed by atoms with Crippen molar-refractivity contribution >= 4 is 23.4 Å². The van der Waals surface area contributed by atoms with Crippen LogP contribution in [0, 0.1) is 0 Å². The van der Waals surface area contributed by atoms with Crippen LogP contribution in [-0.2, 0) is 4.79 Å². The van der Waals surface area contributed by atoms with Gasteiger partial charge in [0.05, 0.1) is 5.97 Å². The Labute approximate surface area is 109 Å². The summed E-state index contributed by atoms with van der Waals surface area (Å²) in [5, 5.41) is 12.1. The van der Waals surface area contributed by atoms with Crippen molar-refractivity contribution in [2.75, 3.05) is 0 Å². The molecule has 4 heteroatoms. The van der Waals surface area contributed by atoms with E-state index in [4.69, 9.17) is 0 Å². The van der Waals surface area contributed by atoms with Gasteiger partial charge in [-0.3, -0.25) is 0 Å². The Kier molecular flexibility index (Phi) is 6.83. The number of carboxylic acids is 1. The number of hydrogen-bond donors (Lipinski definition) is 0. The molecule has 1 aromatic rings. The molecule has 2 nitrogen and oxygen atoms in total. The van der Waals surface area contributed by atoms with Crippen molar-refractivity contribution in [2.45, 2.75) is 6.92 Å². The minimum atomic E-state index is -1.16. The fraction of sp³-hybridized carbons (Fsp3) is 0.100. The van der Waals surface area contributed by atoms with Crippen LogP contribution in [0.25, 0.3) is 6.08 Å². The summed E-state index contributed by atoms with van der Waals surface area (Å²) in [7, 11) is 0. The average Bonchev–Trinajstić information content (AvgIpc) is 2.51. The third kappa shape index (κ3) is 5.40. The van der Waals surface area contributed by atoms with Gasteiger partial charge in [0.15, 0.2) is 0 Å². The van der Waals surface area contributed by atoms with Gasteiger partial charge in [0.2, 0.25) is 0 Å². The van der Waals surface area contributed by atoms with Gasteiger partial charge in [0.1, 0.15) is 0 Å². The Morgan fingerprint density at radius 2 is 2.29 bits per heavy atom. The minimum Gasteiger partial charge on any atom is -0.545 e. The first-order valence-corrected chi connectivity index (χ1v) is 4.67. The molecular formula is C10H9NaO2S. The fourth-order valence-electron chi connectivity index (χ4n) is 0.834. The molecule has 0 atom stereocenters. The molecular weight excluding hydrogens is 207 g/mol. The molecule has 0 amide bonds. The molecule has 0 N–H and O–H groups in total. The van der Waals surface area contributed by atoms with E-state index in [1.54, 1.807) is 24.3 Å². The predicted molar refractivity (Wildman–Crippen MR) is 52.1 cm³/mol. The number of rotatable bonds is 3. The molecule has 0 aromatic carbocycles. The molecule has 0 aliphatic rings. The summed E-state index contributed by atoms with van der Waals surface area (Å²) in [6, 6.07) is 3.91. The van der Waals surface area contributed by atoms with E-state index in [1.807, 2.05) is 23.6 Å². The number of aliphatic carboxylic acids is 1. The third-order valence-electron chi connectivity index (χ3n) is 1.40. The van der Waals surface area contributed by atoms with Gasteiger partial charge in [0, 0.05) is 4.88 Å². The van der Waals surface area contributed by atoms with E-state index in [0.29, 0.717) is 5.57 Å². The van der Waals surface area contributed by atoms with Crippen LogP contribution < -0.4 is 34.7 Å². The van der Waals surface area contributed by atoms with Gasteiger partial charge in [-0.1, -0.05) is 12.1 Å². The monoisotopic (exact) mass is 216 g/mol. The topological polar surface area (TPSA) is 40.1 Å². The first-order chi connectivity index (χ1) is 6.18. The SMILES string of the molecule is CC(C=Cc1cccs1)=CC(=O)[O-].[Na+]. The average molecular weight is 216 g/mol. The molecule has 1 heterocycles. The molecule has 0 aliphatic heterocycles. The van der Waals surface area contributed by atoms with Crippen LogP contribution in [0.1, 0.15) is 11.8 Å². The molecule has 0 saturated heterocycles. The Bertz CT molecular complexity index is 339. The number of carbonyl (C=O) groups excluding carboxylic acids is 1. The maximum absolute atomic E-state index is 10.2. The largest absolute Gasteiger partial charge is 1.00 e. The Balaban J connectivity index is 0.00000169. The van der Waals surface area contributed by atoms with E-state index < -0.39 is 5.97 Å². The molecule has 0 fully saturated rings. The number of carboxylic acid groups (broad SMARTS) is 1. The second kappa shape index (κ2) is 7.01. The Morgan fingerprint density at radius 3 is 2.79 bits per heavy atom. The zero-order chi connectivity index (χ0) is 9.68. The third-order valence-corrected chi connectivity index (χ3v) is 2.24. The first-order valence-electron chi connectivity index (χ1n) is 3.79. The van der Waals surface area contributed by atoms with E-state index in [1.165, 1.54) is 0 Å². The summed E-state index contributed by atoms with van der Waals surface area (Å²) in [5.41, 5.74) is 0.674. The number of hydrogen-bond acceptors (Lipinski definition) is 3. The molecule has 0 radical (unpaired) electrons. The quantitative estimate of drug-likeness (QED) is 0.349. The number of thiophene rings is 1. The minimum absolute atomic E-state index is 0. The van der Waals surface area contributed by atoms with Crippen LogP contribution in [0.2, 0.25) is 0 Å². The molecule has 1 aromatic heterocycles. The molecule has 14 heavy (non-hydrogen) atoms. The summed E-state index contributed by atoms with van der Waals surface area (Å²) in [4.78, 5) is 11.3. The summed E-state index contributed by atoms with van der Waals surface area (Å²) in [6.07, 6.45) is 4.70. The summed E-state index contributed by atoms with van der Waals surface area (Å²) >= 11 is 1.61. The Hall–Kier alpha value is -0.350. The van der Waals surface area contributed by atoms with Gasteiger partial charge >= 0.3 is 29.6 Å². The maximum Gasteiger partial charge on any atom is 1.00 e. The van der Waals surface area contributed by atoms with Crippen molar-refractivity contribution in [1.29, 1.82) is 0 Å². The molecule has 68 valence electrons.